The van der Waals surface area contributed by atoms with Gasteiger partial charge in [0.05, 0.1) is 0 Å². The van der Waals surface area contributed by atoms with Gasteiger partial charge in [0.2, 0.25) is 0 Å². The third kappa shape index (κ3) is 1.71. The molecule has 0 heterocycles. The highest BCUT2D eigenvalue weighted by atomic mass is 16.3. The van der Waals surface area contributed by atoms with E-state index in [9.17, 15) is 0 Å². The van der Waals surface area contributed by atoms with Crippen molar-refractivity contribution >= 4 is 0 Å². The normalized spacial score (nSPS) is 25.5. The maximum atomic E-state index is 8.80. The van der Waals surface area contributed by atoms with Gasteiger partial charge >= 0.3 is 0 Å². The SMILES string of the molecule is C=CC(CO)CC1C=CC1. The average Bonchev–Trinajstić information content (AvgIpc) is 1.87. The van der Waals surface area contributed by atoms with Crippen molar-refractivity contribution in [3.63, 3.8) is 0 Å². The fourth-order valence-electron chi connectivity index (χ4n) is 1.14. The second-order valence-electron chi connectivity index (χ2n) is 2.84. The summed E-state index contributed by atoms with van der Waals surface area (Å²) in [5.41, 5.74) is 0. The van der Waals surface area contributed by atoms with Crippen LogP contribution in [-0.2, 0) is 0 Å². The lowest BCUT2D eigenvalue weighted by Crippen LogP contribution is -2.11. The summed E-state index contributed by atoms with van der Waals surface area (Å²) < 4.78 is 0. The molecule has 1 N–H and O–H groups in total. The summed E-state index contributed by atoms with van der Waals surface area (Å²) in [6.45, 7) is 3.90. The van der Waals surface area contributed by atoms with Gasteiger partial charge in [-0.2, -0.15) is 0 Å². The van der Waals surface area contributed by atoms with Crippen LogP contribution < -0.4 is 0 Å². The third-order valence-electron chi connectivity index (χ3n) is 2.02. The van der Waals surface area contributed by atoms with Gasteiger partial charge in [-0.1, -0.05) is 18.2 Å². The van der Waals surface area contributed by atoms with Crippen molar-refractivity contribution in [3.8, 4) is 0 Å². The van der Waals surface area contributed by atoms with Crippen molar-refractivity contribution < 1.29 is 5.11 Å². The number of rotatable bonds is 4. The Hall–Kier alpha value is -0.560. The number of allylic oxidation sites excluding steroid dienone is 2. The number of hydrogen-bond acceptors (Lipinski definition) is 1. The highest BCUT2D eigenvalue weighted by Gasteiger charge is 2.13. The van der Waals surface area contributed by atoms with E-state index in [0.717, 1.165) is 6.42 Å². The molecule has 1 rings (SSSR count). The van der Waals surface area contributed by atoms with Crippen LogP contribution in [0.5, 0.6) is 0 Å². The summed E-state index contributed by atoms with van der Waals surface area (Å²) in [6.07, 6.45) is 8.46. The zero-order chi connectivity index (χ0) is 7.40. The summed E-state index contributed by atoms with van der Waals surface area (Å²) in [7, 11) is 0. The van der Waals surface area contributed by atoms with Crippen LogP contribution in [0.1, 0.15) is 12.8 Å². The zero-order valence-electron chi connectivity index (χ0n) is 6.16. The molecule has 0 saturated carbocycles. The van der Waals surface area contributed by atoms with Gasteiger partial charge in [-0.05, 0) is 18.8 Å². The molecule has 0 aromatic carbocycles. The molecule has 0 bridgehead atoms. The van der Waals surface area contributed by atoms with E-state index < -0.39 is 0 Å². The smallest absolute Gasteiger partial charge is 0.0493 e. The van der Waals surface area contributed by atoms with Gasteiger partial charge < -0.3 is 5.11 Å². The quantitative estimate of drug-likeness (QED) is 0.587. The number of aliphatic hydroxyl groups excluding tert-OH is 1. The summed E-state index contributed by atoms with van der Waals surface area (Å²) in [5.74, 6) is 1.00. The minimum atomic E-state index is 0.244. The molecule has 0 saturated heterocycles. The Morgan fingerprint density at radius 1 is 1.80 bits per heavy atom. The van der Waals surface area contributed by atoms with Crippen LogP contribution in [0.3, 0.4) is 0 Å². The first-order valence-electron chi connectivity index (χ1n) is 3.77. The van der Waals surface area contributed by atoms with Gasteiger partial charge in [0, 0.05) is 12.5 Å². The Morgan fingerprint density at radius 2 is 2.50 bits per heavy atom. The van der Waals surface area contributed by atoms with E-state index in [0.29, 0.717) is 11.8 Å². The van der Waals surface area contributed by atoms with Crippen molar-refractivity contribution in [2.75, 3.05) is 6.61 Å². The maximum Gasteiger partial charge on any atom is 0.0493 e. The molecule has 1 heteroatoms. The van der Waals surface area contributed by atoms with Gasteiger partial charge in [0.1, 0.15) is 0 Å². The number of aliphatic hydroxyl groups is 1. The predicted octanol–water partition coefficient (Wildman–Crippen LogP) is 1.75. The van der Waals surface area contributed by atoms with Crippen LogP contribution in [0.4, 0.5) is 0 Å². The Balaban J connectivity index is 2.21. The van der Waals surface area contributed by atoms with Crippen molar-refractivity contribution in [2.24, 2.45) is 11.8 Å². The van der Waals surface area contributed by atoms with E-state index in [4.69, 9.17) is 5.11 Å². The lowest BCUT2D eigenvalue weighted by Gasteiger charge is -2.20. The lowest BCUT2D eigenvalue weighted by atomic mass is 9.86. The van der Waals surface area contributed by atoms with Crippen molar-refractivity contribution in [1.82, 2.24) is 0 Å². The summed E-state index contributed by atoms with van der Waals surface area (Å²) in [6, 6.07) is 0. The van der Waals surface area contributed by atoms with Crippen LogP contribution in [0.2, 0.25) is 0 Å². The van der Waals surface area contributed by atoms with Crippen molar-refractivity contribution in [1.29, 1.82) is 0 Å². The van der Waals surface area contributed by atoms with Crippen LogP contribution in [-0.4, -0.2) is 11.7 Å². The molecule has 0 aromatic heterocycles. The molecule has 0 fully saturated rings. The van der Waals surface area contributed by atoms with E-state index in [-0.39, 0.29) is 6.61 Å². The molecule has 0 radical (unpaired) electrons. The fourth-order valence-corrected chi connectivity index (χ4v) is 1.14. The second kappa shape index (κ2) is 3.57. The molecular formula is C9H14O. The minimum absolute atomic E-state index is 0.244. The van der Waals surface area contributed by atoms with Gasteiger partial charge in [0.15, 0.2) is 0 Å². The highest BCUT2D eigenvalue weighted by molar-refractivity contribution is 5.03. The van der Waals surface area contributed by atoms with E-state index in [1.807, 2.05) is 6.08 Å². The molecule has 0 aromatic rings. The first-order chi connectivity index (χ1) is 4.86. The van der Waals surface area contributed by atoms with Crippen LogP contribution >= 0.6 is 0 Å². The van der Waals surface area contributed by atoms with Crippen LogP contribution in [0.15, 0.2) is 24.8 Å². The Kier molecular flexibility index (Phi) is 2.69. The van der Waals surface area contributed by atoms with E-state index in [1.165, 1.54) is 6.42 Å². The Bertz CT molecular complexity index is 138. The Morgan fingerprint density at radius 3 is 2.80 bits per heavy atom. The van der Waals surface area contributed by atoms with E-state index in [2.05, 4.69) is 18.7 Å². The molecule has 0 amide bonds. The molecule has 0 aliphatic heterocycles. The van der Waals surface area contributed by atoms with Crippen molar-refractivity contribution in [3.05, 3.63) is 24.8 Å². The van der Waals surface area contributed by atoms with Crippen LogP contribution in [0.25, 0.3) is 0 Å². The summed E-state index contributed by atoms with van der Waals surface area (Å²) >= 11 is 0. The molecule has 2 atom stereocenters. The van der Waals surface area contributed by atoms with E-state index >= 15 is 0 Å². The molecular weight excluding hydrogens is 124 g/mol. The summed E-state index contributed by atoms with van der Waals surface area (Å²) in [5, 5.41) is 8.80. The molecule has 10 heavy (non-hydrogen) atoms. The maximum absolute atomic E-state index is 8.80. The number of hydrogen-bond donors (Lipinski definition) is 1. The molecule has 1 nitrogen and oxygen atoms in total. The predicted molar refractivity (Wildman–Crippen MR) is 42.6 cm³/mol. The fraction of sp³-hybridized carbons (Fsp3) is 0.556. The Labute approximate surface area is 62.1 Å². The molecule has 1 aliphatic carbocycles. The molecule has 56 valence electrons. The first-order valence-corrected chi connectivity index (χ1v) is 3.77. The average molecular weight is 138 g/mol. The molecule has 2 unspecified atom stereocenters. The monoisotopic (exact) mass is 138 g/mol. The van der Waals surface area contributed by atoms with Gasteiger partial charge in [-0.25, -0.2) is 0 Å². The minimum Gasteiger partial charge on any atom is -0.396 e. The highest BCUT2D eigenvalue weighted by Crippen LogP contribution is 2.24. The summed E-state index contributed by atoms with van der Waals surface area (Å²) in [4.78, 5) is 0. The van der Waals surface area contributed by atoms with E-state index in [1.54, 1.807) is 0 Å². The standard InChI is InChI=1S/C9H14O/c1-2-8(7-10)6-9-4-3-5-9/h2-4,8-10H,1,5-7H2. The van der Waals surface area contributed by atoms with Gasteiger partial charge in [0.25, 0.3) is 0 Å². The van der Waals surface area contributed by atoms with Crippen LogP contribution in [0, 0.1) is 11.8 Å². The zero-order valence-corrected chi connectivity index (χ0v) is 6.16. The van der Waals surface area contributed by atoms with Gasteiger partial charge in [-0.15, -0.1) is 6.58 Å². The van der Waals surface area contributed by atoms with Crippen molar-refractivity contribution in [2.45, 2.75) is 12.8 Å². The lowest BCUT2D eigenvalue weighted by molar-refractivity contribution is 0.234. The molecule has 1 aliphatic rings. The topological polar surface area (TPSA) is 20.2 Å². The third-order valence-corrected chi connectivity index (χ3v) is 2.02. The first kappa shape index (κ1) is 7.55. The molecule has 0 spiro atoms. The van der Waals surface area contributed by atoms with Gasteiger partial charge in [-0.3, -0.25) is 0 Å². The second-order valence-corrected chi connectivity index (χ2v) is 2.84. The largest absolute Gasteiger partial charge is 0.396 e.